The lowest BCUT2D eigenvalue weighted by molar-refractivity contribution is -0.130. The molecule has 0 aliphatic rings. The van der Waals surface area contributed by atoms with Crippen LogP contribution in [0.4, 0.5) is 4.39 Å². The van der Waals surface area contributed by atoms with Gasteiger partial charge in [0, 0.05) is 20.6 Å². The summed E-state index contributed by atoms with van der Waals surface area (Å²) in [6.45, 7) is 1.52. The van der Waals surface area contributed by atoms with Crippen LogP contribution in [0.5, 0.6) is 0 Å². The van der Waals surface area contributed by atoms with Crippen molar-refractivity contribution in [3.8, 4) is 0 Å². The van der Waals surface area contributed by atoms with E-state index in [9.17, 15) is 9.18 Å². The number of carbonyl (C=O) groups excluding carboxylic acids is 1. The molecule has 0 aromatic rings. The van der Waals surface area contributed by atoms with Crippen LogP contribution < -0.4 is 5.32 Å². The second kappa shape index (κ2) is 5.07. The summed E-state index contributed by atoms with van der Waals surface area (Å²) >= 11 is 0. The Morgan fingerprint density at radius 1 is 1.64 bits per heavy atom. The molecule has 0 aromatic carbocycles. The van der Waals surface area contributed by atoms with Gasteiger partial charge in [-0.25, -0.2) is 4.39 Å². The van der Waals surface area contributed by atoms with E-state index in [0.29, 0.717) is 0 Å². The number of hydrogen-bond donors (Lipinski definition) is 1. The highest BCUT2D eigenvalue weighted by molar-refractivity contribution is 5.80. The largest absolute Gasteiger partial charge is 0.347 e. The van der Waals surface area contributed by atoms with Gasteiger partial charge in [0.25, 0.3) is 0 Å². The number of halogens is 1. The molecule has 0 radical (unpaired) electrons. The minimum atomic E-state index is -0.439. The van der Waals surface area contributed by atoms with E-state index in [2.05, 4.69) is 5.32 Å². The van der Waals surface area contributed by atoms with Gasteiger partial charge < -0.3 is 10.2 Å². The van der Waals surface area contributed by atoms with Gasteiger partial charge >= 0.3 is 0 Å². The highest BCUT2D eigenvalue weighted by Gasteiger charge is 2.12. The number of carbonyl (C=O) groups is 1. The first-order valence-corrected chi connectivity index (χ1v) is 3.60. The molecule has 0 aromatic heterocycles. The van der Waals surface area contributed by atoms with Crippen molar-refractivity contribution < 1.29 is 9.18 Å². The maximum Gasteiger partial charge on any atom is 0.238 e. The van der Waals surface area contributed by atoms with Gasteiger partial charge in [-0.3, -0.25) is 4.79 Å². The van der Waals surface area contributed by atoms with Crippen molar-refractivity contribution in [2.24, 2.45) is 0 Å². The van der Waals surface area contributed by atoms with Crippen LogP contribution in [0.25, 0.3) is 0 Å². The molecule has 0 aliphatic carbocycles. The monoisotopic (exact) mass is 162 g/mol. The third-order valence-electron chi connectivity index (χ3n) is 1.36. The van der Waals surface area contributed by atoms with E-state index in [4.69, 9.17) is 0 Å². The zero-order valence-corrected chi connectivity index (χ0v) is 7.22. The first kappa shape index (κ1) is 10.4. The lowest BCUT2D eigenvalue weighted by Crippen LogP contribution is -2.42. The first-order chi connectivity index (χ1) is 5.09. The average molecular weight is 162 g/mol. The molecule has 0 spiro atoms. The van der Waals surface area contributed by atoms with Crippen LogP contribution in [0, 0.1) is 0 Å². The highest BCUT2D eigenvalue weighted by atomic mass is 19.1. The predicted octanol–water partition coefficient (Wildman–Crippen LogP) is 0.0222. The van der Waals surface area contributed by atoms with E-state index < -0.39 is 6.67 Å². The fraction of sp³-hybridized carbons (Fsp3) is 0.857. The van der Waals surface area contributed by atoms with Gasteiger partial charge in [-0.15, -0.1) is 0 Å². The number of likely N-dealkylation sites (N-methyl/N-ethyl adjacent to an activating group) is 1. The zero-order chi connectivity index (χ0) is 8.85. The Hall–Kier alpha value is -0.640. The zero-order valence-electron chi connectivity index (χ0n) is 7.22. The SMILES string of the molecule is CC(NCCF)C(=O)N(C)C. The van der Waals surface area contributed by atoms with Crippen molar-refractivity contribution in [1.82, 2.24) is 10.2 Å². The molecule has 1 amide bonds. The Morgan fingerprint density at radius 2 is 2.18 bits per heavy atom. The van der Waals surface area contributed by atoms with E-state index in [1.807, 2.05) is 0 Å². The molecule has 1 N–H and O–H groups in total. The van der Waals surface area contributed by atoms with Crippen molar-refractivity contribution in [2.45, 2.75) is 13.0 Å². The topological polar surface area (TPSA) is 32.3 Å². The summed E-state index contributed by atoms with van der Waals surface area (Å²) in [5.41, 5.74) is 0. The quantitative estimate of drug-likeness (QED) is 0.632. The summed E-state index contributed by atoms with van der Waals surface area (Å²) in [6.07, 6.45) is 0. The molecule has 0 fully saturated rings. The molecule has 0 saturated heterocycles. The molecule has 11 heavy (non-hydrogen) atoms. The fourth-order valence-electron chi connectivity index (χ4n) is 0.746. The molecule has 1 atom stereocenters. The van der Waals surface area contributed by atoms with Crippen LogP contribution in [0.3, 0.4) is 0 Å². The molecular weight excluding hydrogens is 147 g/mol. The van der Waals surface area contributed by atoms with Crippen LogP contribution >= 0.6 is 0 Å². The lowest BCUT2D eigenvalue weighted by atomic mass is 10.3. The van der Waals surface area contributed by atoms with Gasteiger partial charge in [-0.2, -0.15) is 0 Å². The van der Waals surface area contributed by atoms with Crippen LogP contribution in [-0.2, 0) is 4.79 Å². The van der Waals surface area contributed by atoms with Gasteiger partial charge in [0.1, 0.15) is 6.67 Å². The first-order valence-electron chi connectivity index (χ1n) is 3.60. The number of nitrogens with zero attached hydrogens (tertiary/aromatic N) is 1. The Morgan fingerprint density at radius 3 is 2.55 bits per heavy atom. The van der Waals surface area contributed by atoms with Gasteiger partial charge in [-0.05, 0) is 6.92 Å². The number of nitrogens with one attached hydrogen (secondary N) is 1. The molecule has 4 heteroatoms. The smallest absolute Gasteiger partial charge is 0.238 e. The summed E-state index contributed by atoms with van der Waals surface area (Å²) < 4.78 is 11.6. The second-order valence-corrected chi connectivity index (χ2v) is 2.60. The highest BCUT2D eigenvalue weighted by Crippen LogP contribution is 1.87. The normalized spacial score (nSPS) is 12.7. The van der Waals surface area contributed by atoms with E-state index >= 15 is 0 Å². The molecule has 66 valence electrons. The average Bonchev–Trinajstić information content (AvgIpc) is 1.98. The molecule has 1 unspecified atom stereocenters. The van der Waals surface area contributed by atoms with Crippen molar-refractivity contribution in [3.05, 3.63) is 0 Å². The van der Waals surface area contributed by atoms with Crippen molar-refractivity contribution in [1.29, 1.82) is 0 Å². The van der Waals surface area contributed by atoms with Crippen LogP contribution in [0.15, 0.2) is 0 Å². The number of hydrogen-bond acceptors (Lipinski definition) is 2. The molecule has 0 aliphatic heterocycles. The van der Waals surface area contributed by atoms with Crippen LogP contribution in [0.1, 0.15) is 6.92 Å². The van der Waals surface area contributed by atoms with E-state index in [-0.39, 0.29) is 18.5 Å². The van der Waals surface area contributed by atoms with E-state index in [1.54, 1.807) is 21.0 Å². The van der Waals surface area contributed by atoms with Crippen molar-refractivity contribution in [3.63, 3.8) is 0 Å². The molecule has 3 nitrogen and oxygen atoms in total. The summed E-state index contributed by atoms with van der Waals surface area (Å²) in [7, 11) is 3.35. The molecule has 0 rings (SSSR count). The third-order valence-corrected chi connectivity index (χ3v) is 1.36. The fourth-order valence-corrected chi connectivity index (χ4v) is 0.746. The Bertz CT molecular complexity index is 128. The Kier molecular flexibility index (Phi) is 4.77. The molecule has 0 bridgehead atoms. The lowest BCUT2D eigenvalue weighted by Gasteiger charge is -2.16. The predicted molar refractivity (Wildman–Crippen MR) is 42.1 cm³/mol. The van der Waals surface area contributed by atoms with Crippen molar-refractivity contribution in [2.75, 3.05) is 27.3 Å². The number of alkyl halides is 1. The van der Waals surface area contributed by atoms with Crippen LogP contribution in [-0.4, -0.2) is 44.2 Å². The summed E-state index contributed by atoms with van der Waals surface area (Å²) in [4.78, 5) is 12.6. The second-order valence-electron chi connectivity index (χ2n) is 2.60. The molecule has 0 heterocycles. The summed E-state index contributed by atoms with van der Waals surface area (Å²) in [5, 5.41) is 2.75. The number of rotatable bonds is 4. The van der Waals surface area contributed by atoms with E-state index in [0.717, 1.165) is 0 Å². The molecular formula is C7H15FN2O. The van der Waals surface area contributed by atoms with E-state index in [1.165, 1.54) is 4.90 Å². The summed E-state index contributed by atoms with van der Waals surface area (Å²) in [6, 6.07) is -0.291. The Labute approximate surface area is 66.6 Å². The third kappa shape index (κ3) is 3.93. The number of amides is 1. The summed E-state index contributed by atoms with van der Waals surface area (Å²) in [5.74, 6) is -0.0292. The van der Waals surface area contributed by atoms with Gasteiger partial charge in [0.2, 0.25) is 5.91 Å². The maximum absolute atomic E-state index is 11.6. The Balaban J connectivity index is 3.64. The standard InChI is InChI=1S/C7H15FN2O/c1-6(9-5-4-8)7(11)10(2)3/h6,9H,4-5H2,1-3H3. The van der Waals surface area contributed by atoms with Crippen LogP contribution in [0.2, 0.25) is 0 Å². The maximum atomic E-state index is 11.6. The van der Waals surface area contributed by atoms with Gasteiger partial charge in [-0.1, -0.05) is 0 Å². The van der Waals surface area contributed by atoms with Crippen molar-refractivity contribution >= 4 is 5.91 Å². The molecule has 0 saturated carbocycles. The minimum Gasteiger partial charge on any atom is -0.347 e. The minimum absolute atomic E-state index is 0.0292. The van der Waals surface area contributed by atoms with Gasteiger partial charge in [0.05, 0.1) is 6.04 Å². The van der Waals surface area contributed by atoms with Gasteiger partial charge in [0.15, 0.2) is 0 Å².